The topological polar surface area (TPSA) is 3.24 Å². The number of hydrogen-bond donors (Lipinski definition) is 0. The Bertz CT molecular complexity index is 249. The second-order valence-electron chi connectivity index (χ2n) is 3.37. The highest BCUT2D eigenvalue weighted by atomic mass is 15.0. The minimum absolute atomic E-state index is 1.11. The highest BCUT2D eigenvalue weighted by Crippen LogP contribution is 2.02. The maximum Gasteiger partial charge on any atom is 0.00555 e. The lowest BCUT2D eigenvalue weighted by atomic mass is 10.1. The van der Waals surface area contributed by atoms with Crippen LogP contribution in [0.3, 0.4) is 0 Å². The van der Waals surface area contributed by atoms with E-state index in [2.05, 4.69) is 47.5 Å². The standard InChI is InChI=1S/C12H17N/c1-13(2)11-7-6-10-12-8-4-3-5-9-12/h3-5,7-9,11H,6,10H2,1-2H3/b11-7+. The largest absolute Gasteiger partial charge is 0.384 e. The molecule has 0 saturated heterocycles. The molecule has 70 valence electrons. The number of aryl methyl sites for hydroxylation is 1. The van der Waals surface area contributed by atoms with E-state index in [0.29, 0.717) is 0 Å². The molecule has 0 heterocycles. The van der Waals surface area contributed by atoms with Gasteiger partial charge in [-0.05, 0) is 24.6 Å². The molecular weight excluding hydrogens is 158 g/mol. The molecule has 0 atom stereocenters. The molecule has 1 rings (SSSR count). The lowest BCUT2D eigenvalue weighted by Gasteiger charge is -2.02. The van der Waals surface area contributed by atoms with E-state index in [1.165, 1.54) is 5.56 Å². The van der Waals surface area contributed by atoms with Crippen LogP contribution >= 0.6 is 0 Å². The SMILES string of the molecule is CN(C)/C=C/CCc1ccccc1. The van der Waals surface area contributed by atoms with Crippen LogP contribution in [0.5, 0.6) is 0 Å². The molecule has 1 aromatic carbocycles. The van der Waals surface area contributed by atoms with Crippen molar-refractivity contribution in [2.75, 3.05) is 14.1 Å². The van der Waals surface area contributed by atoms with E-state index in [-0.39, 0.29) is 0 Å². The van der Waals surface area contributed by atoms with Gasteiger partial charge in [-0.1, -0.05) is 36.4 Å². The zero-order valence-electron chi connectivity index (χ0n) is 8.40. The molecular formula is C12H17N. The molecule has 0 saturated carbocycles. The van der Waals surface area contributed by atoms with Crippen molar-refractivity contribution in [3.63, 3.8) is 0 Å². The van der Waals surface area contributed by atoms with Crippen LogP contribution in [0.1, 0.15) is 12.0 Å². The summed E-state index contributed by atoms with van der Waals surface area (Å²) in [5.41, 5.74) is 1.41. The van der Waals surface area contributed by atoms with Gasteiger partial charge in [0.1, 0.15) is 0 Å². The van der Waals surface area contributed by atoms with Crippen molar-refractivity contribution in [3.05, 3.63) is 48.2 Å². The molecule has 0 aromatic heterocycles. The Morgan fingerprint density at radius 2 is 1.85 bits per heavy atom. The summed E-state index contributed by atoms with van der Waals surface area (Å²) in [4.78, 5) is 2.06. The first-order chi connectivity index (χ1) is 6.29. The Morgan fingerprint density at radius 1 is 1.15 bits per heavy atom. The fourth-order valence-corrected chi connectivity index (χ4v) is 1.18. The van der Waals surface area contributed by atoms with Crippen molar-refractivity contribution in [1.29, 1.82) is 0 Å². The van der Waals surface area contributed by atoms with Crippen LogP contribution < -0.4 is 0 Å². The van der Waals surface area contributed by atoms with E-state index in [4.69, 9.17) is 0 Å². The summed E-state index contributed by atoms with van der Waals surface area (Å²) in [5.74, 6) is 0. The lowest BCUT2D eigenvalue weighted by Crippen LogP contribution is -1.99. The summed E-state index contributed by atoms with van der Waals surface area (Å²) in [7, 11) is 4.08. The van der Waals surface area contributed by atoms with Crippen LogP contribution in [0.15, 0.2) is 42.6 Å². The van der Waals surface area contributed by atoms with Crippen molar-refractivity contribution >= 4 is 0 Å². The number of benzene rings is 1. The molecule has 0 bridgehead atoms. The van der Waals surface area contributed by atoms with Gasteiger partial charge in [-0.3, -0.25) is 0 Å². The molecule has 0 aliphatic rings. The van der Waals surface area contributed by atoms with Gasteiger partial charge in [0, 0.05) is 14.1 Å². The second kappa shape index (κ2) is 5.41. The summed E-state index contributed by atoms with van der Waals surface area (Å²) in [6, 6.07) is 10.6. The van der Waals surface area contributed by atoms with E-state index >= 15 is 0 Å². The Hall–Kier alpha value is -1.24. The van der Waals surface area contributed by atoms with Gasteiger partial charge >= 0.3 is 0 Å². The van der Waals surface area contributed by atoms with E-state index in [0.717, 1.165) is 12.8 Å². The fourth-order valence-electron chi connectivity index (χ4n) is 1.18. The van der Waals surface area contributed by atoms with Gasteiger partial charge in [-0.2, -0.15) is 0 Å². The van der Waals surface area contributed by atoms with Gasteiger partial charge in [0.2, 0.25) is 0 Å². The zero-order chi connectivity index (χ0) is 9.52. The van der Waals surface area contributed by atoms with Gasteiger partial charge in [0.25, 0.3) is 0 Å². The zero-order valence-corrected chi connectivity index (χ0v) is 8.40. The Morgan fingerprint density at radius 3 is 2.46 bits per heavy atom. The molecule has 0 N–H and O–H groups in total. The maximum absolute atomic E-state index is 2.20. The van der Waals surface area contributed by atoms with Gasteiger partial charge in [0.05, 0.1) is 0 Å². The number of allylic oxidation sites excluding steroid dienone is 1. The third kappa shape index (κ3) is 4.36. The first kappa shape index (κ1) is 9.85. The summed E-state index contributed by atoms with van der Waals surface area (Å²) >= 11 is 0. The Kier molecular flexibility index (Phi) is 4.10. The molecule has 13 heavy (non-hydrogen) atoms. The molecule has 0 radical (unpaired) electrons. The molecule has 1 aromatic rings. The molecule has 0 amide bonds. The fraction of sp³-hybridized carbons (Fsp3) is 0.333. The predicted molar refractivity (Wildman–Crippen MR) is 57.6 cm³/mol. The molecule has 0 aliphatic carbocycles. The Balaban J connectivity index is 2.28. The number of nitrogens with zero attached hydrogens (tertiary/aromatic N) is 1. The van der Waals surface area contributed by atoms with Crippen LogP contribution in [0.4, 0.5) is 0 Å². The third-order valence-corrected chi connectivity index (χ3v) is 1.85. The molecule has 0 aliphatic heterocycles. The number of rotatable bonds is 4. The van der Waals surface area contributed by atoms with Crippen molar-refractivity contribution in [3.8, 4) is 0 Å². The smallest absolute Gasteiger partial charge is 0.00555 e. The van der Waals surface area contributed by atoms with E-state index in [1.54, 1.807) is 0 Å². The first-order valence-electron chi connectivity index (χ1n) is 4.66. The minimum atomic E-state index is 1.11. The van der Waals surface area contributed by atoms with Crippen LogP contribution in [0, 0.1) is 0 Å². The van der Waals surface area contributed by atoms with Crippen LogP contribution in [0.25, 0.3) is 0 Å². The highest BCUT2D eigenvalue weighted by molar-refractivity contribution is 5.15. The maximum atomic E-state index is 2.20. The third-order valence-electron chi connectivity index (χ3n) is 1.85. The van der Waals surface area contributed by atoms with E-state index in [9.17, 15) is 0 Å². The second-order valence-corrected chi connectivity index (χ2v) is 3.37. The van der Waals surface area contributed by atoms with Gasteiger partial charge < -0.3 is 4.90 Å². The first-order valence-corrected chi connectivity index (χ1v) is 4.66. The molecule has 1 heteroatoms. The van der Waals surface area contributed by atoms with Crippen molar-refractivity contribution in [2.45, 2.75) is 12.8 Å². The van der Waals surface area contributed by atoms with E-state index in [1.807, 2.05) is 14.1 Å². The molecule has 0 fully saturated rings. The molecule has 0 unspecified atom stereocenters. The lowest BCUT2D eigenvalue weighted by molar-refractivity contribution is 0.561. The summed E-state index contributed by atoms with van der Waals surface area (Å²) in [6.45, 7) is 0. The normalized spacial score (nSPS) is 10.6. The summed E-state index contributed by atoms with van der Waals surface area (Å²) < 4.78 is 0. The minimum Gasteiger partial charge on any atom is -0.384 e. The average Bonchev–Trinajstić information content (AvgIpc) is 2.14. The van der Waals surface area contributed by atoms with Crippen molar-refractivity contribution in [2.24, 2.45) is 0 Å². The van der Waals surface area contributed by atoms with Gasteiger partial charge in [-0.15, -0.1) is 0 Å². The quantitative estimate of drug-likeness (QED) is 0.680. The summed E-state index contributed by atoms with van der Waals surface area (Å²) in [6.07, 6.45) is 6.54. The number of hydrogen-bond acceptors (Lipinski definition) is 1. The van der Waals surface area contributed by atoms with Crippen LogP contribution in [-0.4, -0.2) is 19.0 Å². The average molecular weight is 175 g/mol. The highest BCUT2D eigenvalue weighted by Gasteiger charge is 1.87. The van der Waals surface area contributed by atoms with Crippen LogP contribution in [-0.2, 0) is 6.42 Å². The molecule has 1 nitrogen and oxygen atoms in total. The van der Waals surface area contributed by atoms with Crippen LogP contribution in [0.2, 0.25) is 0 Å². The van der Waals surface area contributed by atoms with Crippen molar-refractivity contribution < 1.29 is 0 Å². The summed E-state index contributed by atoms with van der Waals surface area (Å²) in [5, 5.41) is 0. The van der Waals surface area contributed by atoms with Gasteiger partial charge in [0.15, 0.2) is 0 Å². The van der Waals surface area contributed by atoms with E-state index < -0.39 is 0 Å². The van der Waals surface area contributed by atoms with Gasteiger partial charge in [-0.25, -0.2) is 0 Å². The monoisotopic (exact) mass is 175 g/mol. The van der Waals surface area contributed by atoms with Crippen molar-refractivity contribution in [1.82, 2.24) is 4.90 Å². The molecule has 0 spiro atoms. The predicted octanol–water partition coefficient (Wildman–Crippen LogP) is 2.69. The Labute approximate surface area is 80.7 Å².